The Morgan fingerprint density at radius 1 is 1.38 bits per heavy atom. The van der Waals surface area contributed by atoms with Gasteiger partial charge in [-0.15, -0.1) is 0 Å². The molecule has 0 heterocycles. The first kappa shape index (κ1) is 14.4. The van der Waals surface area contributed by atoms with Crippen molar-refractivity contribution in [2.24, 2.45) is 5.41 Å². The molecule has 0 amide bonds. The Hall–Kier alpha value is -1.53. The van der Waals surface area contributed by atoms with Crippen LogP contribution in [0.2, 0.25) is 0 Å². The van der Waals surface area contributed by atoms with Crippen LogP contribution in [-0.4, -0.2) is 18.8 Å². The molecule has 2 saturated carbocycles. The smallest absolute Gasteiger partial charge is 0.0992 e. The average Bonchev–Trinajstić information content (AvgIpc) is 3.00. The van der Waals surface area contributed by atoms with E-state index in [9.17, 15) is 0 Å². The molecule has 0 aromatic heterocycles. The Labute approximate surface area is 127 Å². The standard InChI is InChI=1S/C18H24N2O/c1-3-21-17-11-16(18(17)8-4-5-9-18)20-15-10-14(12-19)7-6-13(15)2/h6-7,10,16-17,20H,3-5,8-9,11H2,1-2H3. The first-order valence-electron chi connectivity index (χ1n) is 8.08. The zero-order chi connectivity index (χ0) is 14.9. The molecule has 1 aromatic rings. The fourth-order valence-corrected chi connectivity index (χ4v) is 4.12. The van der Waals surface area contributed by atoms with Crippen LogP contribution in [0.15, 0.2) is 18.2 Å². The van der Waals surface area contributed by atoms with E-state index in [0.29, 0.717) is 17.6 Å². The summed E-state index contributed by atoms with van der Waals surface area (Å²) in [5.74, 6) is 0. The van der Waals surface area contributed by atoms with E-state index in [1.807, 2.05) is 18.2 Å². The van der Waals surface area contributed by atoms with Gasteiger partial charge < -0.3 is 10.1 Å². The van der Waals surface area contributed by atoms with Crippen molar-refractivity contribution in [2.75, 3.05) is 11.9 Å². The molecular formula is C18H24N2O. The number of nitrogens with one attached hydrogen (secondary N) is 1. The van der Waals surface area contributed by atoms with Crippen LogP contribution in [0.25, 0.3) is 0 Å². The van der Waals surface area contributed by atoms with Crippen LogP contribution < -0.4 is 5.32 Å². The molecule has 1 spiro atoms. The van der Waals surface area contributed by atoms with E-state index in [4.69, 9.17) is 10.00 Å². The van der Waals surface area contributed by atoms with Crippen LogP contribution in [0, 0.1) is 23.7 Å². The fourth-order valence-electron chi connectivity index (χ4n) is 4.12. The molecule has 112 valence electrons. The molecule has 2 atom stereocenters. The van der Waals surface area contributed by atoms with Crippen LogP contribution in [-0.2, 0) is 4.74 Å². The highest BCUT2D eigenvalue weighted by atomic mass is 16.5. The van der Waals surface area contributed by atoms with Gasteiger partial charge in [0.1, 0.15) is 0 Å². The topological polar surface area (TPSA) is 45.0 Å². The van der Waals surface area contributed by atoms with E-state index in [1.165, 1.54) is 31.2 Å². The first-order chi connectivity index (χ1) is 10.2. The number of rotatable bonds is 4. The normalized spacial score (nSPS) is 26.3. The summed E-state index contributed by atoms with van der Waals surface area (Å²) in [6.45, 7) is 5.00. The van der Waals surface area contributed by atoms with Gasteiger partial charge in [-0.25, -0.2) is 0 Å². The van der Waals surface area contributed by atoms with Crippen molar-refractivity contribution in [1.29, 1.82) is 5.26 Å². The van der Waals surface area contributed by atoms with Crippen LogP contribution >= 0.6 is 0 Å². The Balaban J connectivity index is 1.78. The van der Waals surface area contributed by atoms with Crippen molar-refractivity contribution in [1.82, 2.24) is 0 Å². The summed E-state index contributed by atoms with van der Waals surface area (Å²) < 4.78 is 5.97. The quantitative estimate of drug-likeness (QED) is 0.908. The molecule has 2 fully saturated rings. The molecule has 3 heteroatoms. The Morgan fingerprint density at radius 3 is 2.81 bits per heavy atom. The molecule has 2 aliphatic rings. The number of hydrogen-bond acceptors (Lipinski definition) is 3. The zero-order valence-corrected chi connectivity index (χ0v) is 13.0. The number of benzene rings is 1. The molecule has 21 heavy (non-hydrogen) atoms. The summed E-state index contributed by atoms with van der Waals surface area (Å²) >= 11 is 0. The second kappa shape index (κ2) is 5.69. The predicted octanol–water partition coefficient (Wildman–Crippen LogP) is 4.02. The minimum Gasteiger partial charge on any atom is -0.381 e. The second-order valence-electron chi connectivity index (χ2n) is 6.46. The lowest BCUT2D eigenvalue weighted by Crippen LogP contribution is -2.60. The number of nitrogens with zero attached hydrogens (tertiary/aromatic N) is 1. The average molecular weight is 284 g/mol. The molecule has 2 aliphatic carbocycles. The van der Waals surface area contributed by atoms with Crippen LogP contribution in [0.4, 0.5) is 5.69 Å². The summed E-state index contributed by atoms with van der Waals surface area (Å²) in [5, 5.41) is 12.8. The van der Waals surface area contributed by atoms with E-state index < -0.39 is 0 Å². The molecule has 2 unspecified atom stereocenters. The SMILES string of the molecule is CCOC1CC(Nc2cc(C#N)ccc2C)C12CCCC2. The Morgan fingerprint density at radius 2 is 2.14 bits per heavy atom. The number of ether oxygens (including phenoxy) is 1. The van der Waals surface area contributed by atoms with Gasteiger partial charge in [-0.3, -0.25) is 0 Å². The van der Waals surface area contributed by atoms with Gasteiger partial charge in [-0.2, -0.15) is 5.26 Å². The van der Waals surface area contributed by atoms with Crippen molar-refractivity contribution >= 4 is 5.69 Å². The van der Waals surface area contributed by atoms with E-state index in [0.717, 1.165) is 24.3 Å². The third-order valence-electron chi connectivity index (χ3n) is 5.38. The van der Waals surface area contributed by atoms with Crippen LogP contribution in [0.5, 0.6) is 0 Å². The summed E-state index contributed by atoms with van der Waals surface area (Å²) in [6.07, 6.45) is 6.68. The Bertz CT molecular complexity index is 555. The molecule has 0 bridgehead atoms. The maximum absolute atomic E-state index is 9.08. The monoisotopic (exact) mass is 284 g/mol. The molecule has 0 saturated heterocycles. The van der Waals surface area contributed by atoms with Gasteiger partial charge in [0.2, 0.25) is 0 Å². The van der Waals surface area contributed by atoms with Gasteiger partial charge in [0, 0.05) is 23.8 Å². The van der Waals surface area contributed by atoms with E-state index >= 15 is 0 Å². The third-order valence-corrected chi connectivity index (χ3v) is 5.38. The van der Waals surface area contributed by atoms with Gasteiger partial charge in [0.15, 0.2) is 0 Å². The first-order valence-corrected chi connectivity index (χ1v) is 8.08. The highest BCUT2D eigenvalue weighted by molar-refractivity contribution is 5.56. The zero-order valence-electron chi connectivity index (χ0n) is 13.0. The van der Waals surface area contributed by atoms with Crippen molar-refractivity contribution in [3.63, 3.8) is 0 Å². The molecule has 3 rings (SSSR count). The number of nitriles is 1. The van der Waals surface area contributed by atoms with Crippen LogP contribution in [0.1, 0.15) is 50.2 Å². The number of hydrogen-bond donors (Lipinski definition) is 1. The molecule has 0 radical (unpaired) electrons. The largest absolute Gasteiger partial charge is 0.381 e. The molecular weight excluding hydrogens is 260 g/mol. The fraction of sp³-hybridized carbons (Fsp3) is 0.611. The van der Waals surface area contributed by atoms with Crippen molar-refractivity contribution in [2.45, 2.75) is 58.1 Å². The molecule has 0 aliphatic heterocycles. The van der Waals surface area contributed by atoms with Crippen molar-refractivity contribution < 1.29 is 4.74 Å². The van der Waals surface area contributed by atoms with E-state index in [2.05, 4.69) is 25.2 Å². The lowest BCUT2D eigenvalue weighted by molar-refractivity contribution is -0.114. The van der Waals surface area contributed by atoms with E-state index in [1.54, 1.807) is 0 Å². The van der Waals surface area contributed by atoms with Crippen LogP contribution in [0.3, 0.4) is 0 Å². The lowest BCUT2D eigenvalue weighted by atomic mass is 9.60. The van der Waals surface area contributed by atoms with Crippen molar-refractivity contribution in [3.05, 3.63) is 29.3 Å². The van der Waals surface area contributed by atoms with Crippen molar-refractivity contribution in [3.8, 4) is 6.07 Å². The highest BCUT2D eigenvalue weighted by Crippen LogP contribution is 2.55. The maximum atomic E-state index is 9.08. The summed E-state index contributed by atoms with van der Waals surface area (Å²) in [4.78, 5) is 0. The van der Waals surface area contributed by atoms with E-state index in [-0.39, 0.29) is 0 Å². The molecule has 1 N–H and O–H groups in total. The number of anilines is 1. The van der Waals surface area contributed by atoms with Gasteiger partial charge in [0.25, 0.3) is 0 Å². The van der Waals surface area contributed by atoms with Gasteiger partial charge >= 0.3 is 0 Å². The van der Waals surface area contributed by atoms with Gasteiger partial charge in [-0.1, -0.05) is 18.9 Å². The van der Waals surface area contributed by atoms with Gasteiger partial charge in [-0.05, 0) is 50.8 Å². The third kappa shape index (κ3) is 2.42. The summed E-state index contributed by atoms with van der Waals surface area (Å²) in [7, 11) is 0. The second-order valence-corrected chi connectivity index (χ2v) is 6.46. The molecule has 3 nitrogen and oxygen atoms in total. The minimum atomic E-state index is 0.325. The maximum Gasteiger partial charge on any atom is 0.0992 e. The number of aryl methyl sites for hydroxylation is 1. The summed E-state index contributed by atoms with van der Waals surface area (Å²) in [5.41, 5.74) is 3.37. The molecule has 1 aromatic carbocycles. The predicted molar refractivity (Wildman–Crippen MR) is 84.2 cm³/mol. The van der Waals surface area contributed by atoms with Gasteiger partial charge in [0.05, 0.1) is 17.7 Å². The summed E-state index contributed by atoms with van der Waals surface area (Å²) in [6, 6.07) is 8.61. The highest BCUT2D eigenvalue weighted by Gasteiger charge is 2.56. The Kier molecular flexibility index (Phi) is 3.91. The lowest BCUT2D eigenvalue weighted by Gasteiger charge is -2.54. The minimum absolute atomic E-state index is 0.325.